The maximum Gasteiger partial charge on any atom is 0.256 e. The van der Waals surface area contributed by atoms with Gasteiger partial charge in [-0.1, -0.05) is 31.2 Å². The molecule has 2 aromatic carbocycles. The molecule has 4 nitrogen and oxygen atoms in total. The summed E-state index contributed by atoms with van der Waals surface area (Å²) in [5.74, 6) is -0.569. The molecule has 0 atom stereocenters. The van der Waals surface area contributed by atoms with E-state index in [1.54, 1.807) is 31.3 Å². The van der Waals surface area contributed by atoms with Gasteiger partial charge in [0.05, 0.1) is 11.1 Å². The zero-order valence-corrected chi connectivity index (χ0v) is 12.1. The summed E-state index contributed by atoms with van der Waals surface area (Å²) in [6.45, 7) is 2.08. The first-order valence-corrected chi connectivity index (χ1v) is 6.87. The molecule has 0 spiro atoms. The van der Waals surface area contributed by atoms with Crippen LogP contribution in [0.3, 0.4) is 0 Å². The molecule has 2 N–H and O–H groups in total. The van der Waals surface area contributed by atoms with Crippen molar-refractivity contribution in [3.8, 4) is 0 Å². The van der Waals surface area contributed by atoms with Crippen molar-refractivity contribution in [2.24, 2.45) is 0 Å². The maximum atomic E-state index is 12.3. The Morgan fingerprint density at radius 3 is 2.00 bits per heavy atom. The number of nitrogens with one attached hydrogen (secondary N) is 2. The van der Waals surface area contributed by atoms with Gasteiger partial charge in [-0.15, -0.1) is 0 Å². The minimum Gasteiger partial charge on any atom is -0.355 e. The summed E-state index contributed by atoms with van der Waals surface area (Å²) in [5, 5.41) is 5.35. The second-order valence-electron chi connectivity index (χ2n) is 4.63. The predicted octanol–water partition coefficient (Wildman–Crippen LogP) is 2.86. The van der Waals surface area contributed by atoms with Gasteiger partial charge in [0.15, 0.2) is 0 Å². The van der Waals surface area contributed by atoms with E-state index in [4.69, 9.17) is 0 Å². The molecule has 21 heavy (non-hydrogen) atoms. The van der Waals surface area contributed by atoms with Crippen LogP contribution in [0.15, 0.2) is 48.5 Å². The van der Waals surface area contributed by atoms with Crippen LogP contribution >= 0.6 is 0 Å². The first-order valence-electron chi connectivity index (χ1n) is 6.87. The van der Waals surface area contributed by atoms with Gasteiger partial charge in [-0.25, -0.2) is 0 Å². The summed E-state index contributed by atoms with van der Waals surface area (Å²) >= 11 is 0. The monoisotopic (exact) mass is 282 g/mol. The highest BCUT2D eigenvalue weighted by atomic mass is 16.2. The first-order chi connectivity index (χ1) is 10.2. The van der Waals surface area contributed by atoms with E-state index in [-0.39, 0.29) is 11.8 Å². The average Bonchev–Trinajstić information content (AvgIpc) is 2.54. The van der Waals surface area contributed by atoms with Crippen molar-refractivity contribution in [2.75, 3.05) is 12.4 Å². The minimum atomic E-state index is -0.293. The summed E-state index contributed by atoms with van der Waals surface area (Å²) in [7, 11) is 1.54. The lowest BCUT2D eigenvalue weighted by Gasteiger charge is -2.09. The van der Waals surface area contributed by atoms with Crippen molar-refractivity contribution in [3.05, 3.63) is 65.2 Å². The van der Waals surface area contributed by atoms with Gasteiger partial charge in [0.1, 0.15) is 0 Å². The van der Waals surface area contributed by atoms with E-state index in [2.05, 4.69) is 17.6 Å². The van der Waals surface area contributed by atoms with Crippen LogP contribution in [0.25, 0.3) is 0 Å². The van der Waals surface area contributed by atoms with Crippen LogP contribution in [0.4, 0.5) is 5.69 Å². The second kappa shape index (κ2) is 6.70. The Morgan fingerprint density at radius 2 is 1.48 bits per heavy atom. The van der Waals surface area contributed by atoms with E-state index in [0.717, 1.165) is 6.42 Å². The molecule has 108 valence electrons. The summed E-state index contributed by atoms with van der Waals surface area (Å²) in [6, 6.07) is 14.4. The van der Waals surface area contributed by atoms with Crippen LogP contribution in [0.5, 0.6) is 0 Å². The van der Waals surface area contributed by atoms with Crippen LogP contribution in [-0.2, 0) is 6.42 Å². The number of amides is 2. The molecule has 0 bridgehead atoms. The molecule has 0 aliphatic rings. The fourth-order valence-corrected chi connectivity index (χ4v) is 2.04. The van der Waals surface area contributed by atoms with E-state index >= 15 is 0 Å². The van der Waals surface area contributed by atoms with Crippen LogP contribution in [0.2, 0.25) is 0 Å². The molecule has 0 heterocycles. The highest BCUT2D eigenvalue weighted by Gasteiger charge is 2.15. The zero-order valence-electron chi connectivity index (χ0n) is 12.1. The molecule has 0 radical (unpaired) electrons. The number of rotatable bonds is 4. The van der Waals surface area contributed by atoms with Crippen molar-refractivity contribution in [2.45, 2.75) is 13.3 Å². The van der Waals surface area contributed by atoms with Crippen LogP contribution in [0, 0.1) is 0 Å². The van der Waals surface area contributed by atoms with Crippen LogP contribution in [-0.4, -0.2) is 18.9 Å². The number of carbonyl (C=O) groups excluding carboxylic acids is 2. The van der Waals surface area contributed by atoms with Crippen molar-refractivity contribution in [1.82, 2.24) is 5.32 Å². The zero-order chi connectivity index (χ0) is 15.2. The number of hydrogen-bond donors (Lipinski definition) is 2. The Labute approximate surface area is 124 Å². The minimum absolute atomic E-state index is 0.276. The highest BCUT2D eigenvalue weighted by Crippen LogP contribution is 2.14. The van der Waals surface area contributed by atoms with E-state index in [1.807, 2.05) is 24.3 Å². The van der Waals surface area contributed by atoms with Crippen LogP contribution < -0.4 is 10.6 Å². The normalized spacial score (nSPS) is 10.0. The van der Waals surface area contributed by atoms with Gasteiger partial charge in [-0.2, -0.15) is 0 Å². The Hall–Kier alpha value is -2.62. The molecular weight excluding hydrogens is 264 g/mol. The number of hydrogen-bond acceptors (Lipinski definition) is 2. The molecule has 2 aromatic rings. The second-order valence-corrected chi connectivity index (χ2v) is 4.63. The van der Waals surface area contributed by atoms with E-state index in [1.165, 1.54) is 5.56 Å². The molecule has 2 amide bonds. The summed E-state index contributed by atoms with van der Waals surface area (Å²) < 4.78 is 0. The van der Waals surface area contributed by atoms with Crippen molar-refractivity contribution < 1.29 is 9.59 Å². The number of anilines is 1. The fourth-order valence-electron chi connectivity index (χ4n) is 2.04. The van der Waals surface area contributed by atoms with Gasteiger partial charge in [-0.3, -0.25) is 9.59 Å². The molecule has 4 heteroatoms. The lowest BCUT2D eigenvalue weighted by molar-refractivity contribution is 0.0948. The van der Waals surface area contributed by atoms with Crippen molar-refractivity contribution >= 4 is 17.5 Å². The Morgan fingerprint density at radius 1 is 0.905 bits per heavy atom. The highest BCUT2D eigenvalue weighted by molar-refractivity contribution is 6.12. The maximum absolute atomic E-state index is 12.3. The molecule has 0 fully saturated rings. The van der Waals surface area contributed by atoms with E-state index in [0.29, 0.717) is 16.8 Å². The molecule has 2 rings (SSSR count). The third-order valence-corrected chi connectivity index (χ3v) is 3.26. The molecule has 0 unspecified atom stereocenters. The SMILES string of the molecule is CCc1ccc(NC(=O)c2ccccc2C(=O)NC)cc1. The van der Waals surface area contributed by atoms with Gasteiger partial charge < -0.3 is 10.6 Å². The molecule has 0 aliphatic carbocycles. The van der Waals surface area contributed by atoms with Gasteiger partial charge >= 0.3 is 0 Å². The summed E-state index contributed by atoms with van der Waals surface area (Å²) in [5.41, 5.74) is 2.64. The summed E-state index contributed by atoms with van der Waals surface area (Å²) in [6.07, 6.45) is 0.952. The molecular formula is C17H18N2O2. The molecule has 0 aromatic heterocycles. The topological polar surface area (TPSA) is 58.2 Å². The molecule has 0 aliphatic heterocycles. The van der Waals surface area contributed by atoms with Gasteiger partial charge in [0, 0.05) is 12.7 Å². The van der Waals surface area contributed by atoms with Crippen molar-refractivity contribution in [1.29, 1.82) is 0 Å². The quantitative estimate of drug-likeness (QED) is 0.906. The van der Waals surface area contributed by atoms with E-state index in [9.17, 15) is 9.59 Å². The number of benzene rings is 2. The summed E-state index contributed by atoms with van der Waals surface area (Å²) in [4.78, 5) is 24.1. The smallest absolute Gasteiger partial charge is 0.256 e. The third-order valence-electron chi connectivity index (χ3n) is 3.26. The third kappa shape index (κ3) is 3.48. The average molecular weight is 282 g/mol. The molecule has 0 saturated carbocycles. The largest absolute Gasteiger partial charge is 0.355 e. The van der Waals surface area contributed by atoms with Gasteiger partial charge in [0.2, 0.25) is 0 Å². The lowest BCUT2D eigenvalue weighted by atomic mass is 10.1. The first kappa shape index (κ1) is 14.8. The standard InChI is InChI=1S/C17H18N2O2/c1-3-12-8-10-13(11-9-12)19-17(21)15-7-5-4-6-14(15)16(20)18-2/h4-11H,3H2,1-2H3,(H,18,20)(H,19,21). The lowest BCUT2D eigenvalue weighted by Crippen LogP contribution is -2.23. The molecule has 0 saturated heterocycles. The van der Waals surface area contributed by atoms with E-state index < -0.39 is 0 Å². The number of carbonyl (C=O) groups is 2. The number of aryl methyl sites for hydroxylation is 1. The Bertz CT molecular complexity index is 648. The fraction of sp³-hybridized carbons (Fsp3) is 0.176. The Balaban J connectivity index is 2.22. The van der Waals surface area contributed by atoms with Gasteiger partial charge in [-0.05, 0) is 36.2 Å². The predicted molar refractivity (Wildman–Crippen MR) is 83.6 cm³/mol. The van der Waals surface area contributed by atoms with Crippen LogP contribution in [0.1, 0.15) is 33.2 Å². The van der Waals surface area contributed by atoms with Crippen molar-refractivity contribution in [3.63, 3.8) is 0 Å². The Kier molecular flexibility index (Phi) is 4.72. The van der Waals surface area contributed by atoms with Gasteiger partial charge in [0.25, 0.3) is 11.8 Å².